The van der Waals surface area contributed by atoms with Crippen LogP contribution in [0.5, 0.6) is 11.5 Å². The van der Waals surface area contributed by atoms with E-state index in [1.807, 2.05) is 24.3 Å². The monoisotopic (exact) mass is 235 g/mol. The Bertz CT molecular complexity index is 337. The Hall–Kier alpha value is -1.48. The summed E-state index contributed by atoms with van der Waals surface area (Å²) in [6, 6.07) is 7.71. The Morgan fingerprint density at radius 1 is 1.18 bits per heavy atom. The minimum atomic E-state index is 0.498. The molecule has 0 unspecified atom stereocenters. The zero-order valence-electron chi connectivity index (χ0n) is 10.7. The summed E-state index contributed by atoms with van der Waals surface area (Å²) in [6.07, 6.45) is 2.73. The van der Waals surface area contributed by atoms with Gasteiger partial charge in [-0.1, -0.05) is 24.8 Å². The van der Waals surface area contributed by atoms with Gasteiger partial charge in [-0.05, 0) is 32.6 Å². The predicted octanol–water partition coefficient (Wildman–Crippen LogP) is 2.58. The van der Waals surface area contributed by atoms with E-state index < -0.39 is 0 Å². The van der Waals surface area contributed by atoms with E-state index in [1.54, 1.807) is 6.08 Å². The molecule has 0 saturated carbocycles. The first-order chi connectivity index (χ1) is 8.24. The molecule has 0 radical (unpaired) electrons. The van der Waals surface area contributed by atoms with Gasteiger partial charge in [0.15, 0.2) is 11.5 Å². The molecule has 1 aromatic carbocycles. The van der Waals surface area contributed by atoms with Crippen LogP contribution in [0.1, 0.15) is 6.42 Å². The largest absolute Gasteiger partial charge is 0.490 e. The van der Waals surface area contributed by atoms with Crippen molar-refractivity contribution in [2.24, 2.45) is 0 Å². The first kappa shape index (κ1) is 13.6. The van der Waals surface area contributed by atoms with Gasteiger partial charge in [-0.15, -0.1) is 0 Å². The summed E-state index contributed by atoms with van der Waals surface area (Å²) in [5, 5.41) is 0. The maximum atomic E-state index is 5.70. The molecule has 17 heavy (non-hydrogen) atoms. The molecule has 0 saturated heterocycles. The Morgan fingerprint density at radius 2 is 1.82 bits per heavy atom. The average Bonchev–Trinajstić information content (AvgIpc) is 2.33. The Balaban J connectivity index is 2.43. The van der Waals surface area contributed by atoms with Gasteiger partial charge >= 0.3 is 0 Å². The van der Waals surface area contributed by atoms with Crippen LogP contribution in [0.15, 0.2) is 36.9 Å². The number of benzene rings is 1. The summed E-state index contributed by atoms with van der Waals surface area (Å²) in [7, 11) is 4.11. The second-order valence-electron chi connectivity index (χ2n) is 4.05. The fraction of sp³-hybridized carbons (Fsp3) is 0.429. The van der Waals surface area contributed by atoms with Gasteiger partial charge in [-0.2, -0.15) is 0 Å². The number of para-hydroxylation sites is 2. The Morgan fingerprint density at radius 3 is 2.41 bits per heavy atom. The second-order valence-corrected chi connectivity index (χ2v) is 4.05. The first-order valence-electron chi connectivity index (χ1n) is 5.84. The maximum absolute atomic E-state index is 5.70. The molecule has 0 fully saturated rings. The van der Waals surface area contributed by atoms with E-state index >= 15 is 0 Å². The molecule has 0 aromatic heterocycles. The third-order valence-corrected chi connectivity index (χ3v) is 2.21. The van der Waals surface area contributed by atoms with E-state index in [4.69, 9.17) is 9.47 Å². The highest BCUT2D eigenvalue weighted by atomic mass is 16.5. The van der Waals surface area contributed by atoms with Crippen molar-refractivity contribution >= 4 is 0 Å². The molecular formula is C14H21NO2. The molecule has 0 aliphatic heterocycles. The smallest absolute Gasteiger partial charge is 0.161 e. The van der Waals surface area contributed by atoms with E-state index in [2.05, 4.69) is 25.6 Å². The zero-order valence-corrected chi connectivity index (χ0v) is 10.7. The standard InChI is InChI=1S/C14H21NO2/c1-4-11-16-13-8-5-6-9-14(13)17-12-7-10-15(2)3/h4-6,8-9H,1,7,10-12H2,2-3H3. The summed E-state index contributed by atoms with van der Waals surface area (Å²) in [5.74, 6) is 1.57. The number of hydrogen-bond donors (Lipinski definition) is 0. The van der Waals surface area contributed by atoms with Crippen LogP contribution in [0.25, 0.3) is 0 Å². The zero-order chi connectivity index (χ0) is 12.5. The van der Waals surface area contributed by atoms with Gasteiger partial charge in [0.25, 0.3) is 0 Å². The first-order valence-corrected chi connectivity index (χ1v) is 5.84. The van der Waals surface area contributed by atoms with Crippen molar-refractivity contribution in [2.45, 2.75) is 6.42 Å². The van der Waals surface area contributed by atoms with Crippen LogP contribution in [0.3, 0.4) is 0 Å². The molecular weight excluding hydrogens is 214 g/mol. The fourth-order valence-corrected chi connectivity index (χ4v) is 1.40. The fourth-order valence-electron chi connectivity index (χ4n) is 1.40. The van der Waals surface area contributed by atoms with Crippen molar-refractivity contribution in [1.29, 1.82) is 0 Å². The van der Waals surface area contributed by atoms with Gasteiger partial charge in [0, 0.05) is 6.54 Å². The lowest BCUT2D eigenvalue weighted by Gasteiger charge is -2.13. The van der Waals surface area contributed by atoms with Gasteiger partial charge in [0.05, 0.1) is 6.61 Å². The number of hydrogen-bond acceptors (Lipinski definition) is 3. The molecule has 1 rings (SSSR count). The van der Waals surface area contributed by atoms with Crippen molar-refractivity contribution < 1.29 is 9.47 Å². The lowest BCUT2D eigenvalue weighted by molar-refractivity contribution is 0.262. The van der Waals surface area contributed by atoms with Gasteiger partial charge in [-0.25, -0.2) is 0 Å². The van der Waals surface area contributed by atoms with E-state index in [0.29, 0.717) is 13.2 Å². The van der Waals surface area contributed by atoms with Crippen LogP contribution in [-0.4, -0.2) is 38.8 Å². The molecule has 0 atom stereocenters. The van der Waals surface area contributed by atoms with Crippen molar-refractivity contribution in [3.63, 3.8) is 0 Å². The third-order valence-electron chi connectivity index (χ3n) is 2.21. The van der Waals surface area contributed by atoms with Gasteiger partial charge in [0.1, 0.15) is 6.61 Å². The average molecular weight is 235 g/mol. The molecule has 3 heteroatoms. The summed E-state index contributed by atoms with van der Waals surface area (Å²) in [4.78, 5) is 2.14. The SMILES string of the molecule is C=CCOc1ccccc1OCCCN(C)C. The van der Waals surface area contributed by atoms with Crippen molar-refractivity contribution in [3.05, 3.63) is 36.9 Å². The molecule has 0 heterocycles. The van der Waals surface area contributed by atoms with E-state index in [9.17, 15) is 0 Å². The molecule has 1 aromatic rings. The molecule has 0 N–H and O–H groups in total. The molecule has 0 spiro atoms. The molecule has 0 aliphatic rings. The Kier molecular flexibility index (Phi) is 6.18. The summed E-state index contributed by atoms with van der Waals surface area (Å²) in [6.45, 7) is 5.85. The number of rotatable bonds is 8. The lowest BCUT2D eigenvalue weighted by atomic mass is 10.3. The van der Waals surface area contributed by atoms with Gasteiger partial charge in [0.2, 0.25) is 0 Å². The van der Waals surface area contributed by atoms with Crippen molar-refractivity contribution in [3.8, 4) is 11.5 Å². The summed E-state index contributed by atoms with van der Waals surface area (Å²) < 4.78 is 11.2. The highest BCUT2D eigenvalue weighted by Gasteiger charge is 2.03. The van der Waals surface area contributed by atoms with Crippen LogP contribution in [0, 0.1) is 0 Å². The predicted molar refractivity (Wildman–Crippen MR) is 70.8 cm³/mol. The van der Waals surface area contributed by atoms with Crippen LogP contribution in [-0.2, 0) is 0 Å². The van der Waals surface area contributed by atoms with E-state index in [0.717, 1.165) is 24.5 Å². The summed E-state index contributed by atoms with van der Waals surface area (Å²) >= 11 is 0. The number of nitrogens with zero attached hydrogens (tertiary/aromatic N) is 1. The van der Waals surface area contributed by atoms with Crippen LogP contribution < -0.4 is 9.47 Å². The second kappa shape index (κ2) is 7.74. The van der Waals surface area contributed by atoms with Crippen LogP contribution >= 0.6 is 0 Å². The number of ether oxygens (including phenoxy) is 2. The molecule has 3 nitrogen and oxygen atoms in total. The van der Waals surface area contributed by atoms with E-state index in [-0.39, 0.29) is 0 Å². The normalized spacial score (nSPS) is 10.3. The molecule has 0 aliphatic carbocycles. The molecule has 0 bridgehead atoms. The minimum Gasteiger partial charge on any atom is -0.490 e. The van der Waals surface area contributed by atoms with Gasteiger partial charge < -0.3 is 14.4 Å². The van der Waals surface area contributed by atoms with Crippen molar-refractivity contribution in [1.82, 2.24) is 4.90 Å². The maximum Gasteiger partial charge on any atom is 0.161 e. The molecule has 0 amide bonds. The van der Waals surface area contributed by atoms with Gasteiger partial charge in [-0.3, -0.25) is 0 Å². The van der Waals surface area contributed by atoms with Crippen LogP contribution in [0.4, 0.5) is 0 Å². The highest BCUT2D eigenvalue weighted by Crippen LogP contribution is 2.26. The third kappa shape index (κ3) is 5.41. The minimum absolute atomic E-state index is 0.498. The molecule has 94 valence electrons. The lowest BCUT2D eigenvalue weighted by Crippen LogP contribution is -2.15. The topological polar surface area (TPSA) is 21.7 Å². The highest BCUT2D eigenvalue weighted by molar-refractivity contribution is 5.39. The summed E-state index contributed by atoms with van der Waals surface area (Å²) in [5.41, 5.74) is 0. The van der Waals surface area contributed by atoms with Crippen LogP contribution in [0.2, 0.25) is 0 Å². The quantitative estimate of drug-likeness (QED) is 0.510. The van der Waals surface area contributed by atoms with E-state index in [1.165, 1.54) is 0 Å². The van der Waals surface area contributed by atoms with Crippen molar-refractivity contribution in [2.75, 3.05) is 33.9 Å². The Labute approximate surface area is 104 Å².